The van der Waals surface area contributed by atoms with Crippen molar-refractivity contribution in [2.75, 3.05) is 11.9 Å². The van der Waals surface area contributed by atoms with Crippen molar-refractivity contribution in [3.05, 3.63) is 69.9 Å². The fourth-order valence-electron chi connectivity index (χ4n) is 2.82. The highest BCUT2D eigenvalue weighted by Crippen LogP contribution is 2.21. The summed E-state index contributed by atoms with van der Waals surface area (Å²) in [6, 6.07) is 8.86. The molecule has 0 aliphatic carbocycles. The lowest BCUT2D eigenvalue weighted by atomic mass is 10.2. The molecule has 0 unspecified atom stereocenters. The van der Waals surface area contributed by atoms with E-state index in [1.54, 1.807) is 35.3 Å². The number of nitrogens with zero attached hydrogens (tertiary/aromatic N) is 4. The molecule has 0 aliphatic rings. The lowest BCUT2D eigenvalue weighted by Crippen LogP contribution is -2.27. The molecule has 29 heavy (non-hydrogen) atoms. The summed E-state index contributed by atoms with van der Waals surface area (Å²) in [7, 11) is 0. The third-order valence-electron chi connectivity index (χ3n) is 4.23. The zero-order chi connectivity index (χ0) is 20.2. The van der Waals surface area contributed by atoms with Gasteiger partial charge in [-0.25, -0.2) is 14.6 Å². The largest absolute Gasteiger partial charge is 0.467 e. The molecular formula is C19H16BrClN6O2. The van der Waals surface area contributed by atoms with Crippen molar-refractivity contribution in [3.8, 4) is 0 Å². The quantitative estimate of drug-likeness (QED) is 0.421. The van der Waals surface area contributed by atoms with E-state index in [0.29, 0.717) is 41.7 Å². The van der Waals surface area contributed by atoms with Crippen LogP contribution in [-0.2, 0) is 13.1 Å². The van der Waals surface area contributed by atoms with E-state index in [1.807, 2.05) is 12.1 Å². The van der Waals surface area contributed by atoms with Crippen molar-refractivity contribution >= 4 is 50.3 Å². The zero-order valence-electron chi connectivity index (χ0n) is 15.1. The third kappa shape index (κ3) is 4.41. The summed E-state index contributed by atoms with van der Waals surface area (Å²) in [6.07, 6.45) is 4.80. The van der Waals surface area contributed by atoms with Gasteiger partial charge in [0.05, 0.1) is 41.5 Å². The predicted octanol–water partition coefficient (Wildman–Crippen LogP) is 3.88. The van der Waals surface area contributed by atoms with Crippen molar-refractivity contribution in [3.63, 3.8) is 0 Å². The van der Waals surface area contributed by atoms with Crippen LogP contribution in [0, 0.1) is 0 Å². The Labute approximate surface area is 179 Å². The van der Waals surface area contributed by atoms with Crippen LogP contribution in [0.25, 0.3) is 11.0 Å². The molecule has 8 nitrogen and oxygen atoms in total. The van der Waals surface area contributed by atoms with E-state index < -0.39 is 0 Å². The highest BCUT2D eigenvalue weighted by Gasteiger charge is 2.12. The molecule has 0 spiro atoms. The van der Waals surface area contributed by atoms with Gasteiger partial charge in [-0.2, -0.15) is 5.10 Å². The van der Waals surface area contributed by atoms with Crippen LogP contribution in [0.15, 0.2) is 58.0 Å². The Hall–Kier alpha value is -2.91. The standard InChI is InChI=1S/C19H16BrClN6O2/c20-12-3-4-16(21)14(8-12)19(28)22-5-6-27-18-15(10-26-27)17(24-11-25-18)23-9-13-2-1-7-29-13/h1-4,7-8,10-11H,5-6,9H2,(H,22,28)(H,23,24,25). The first kappa shape index (κ1) is 19.4. The van der Waals surface area contributed by atoms with Crippen molar-refractivity contribution in [1.29, 1.82) is 0 Å². The van der Waals surface area contributed by atoms with Crippen LogP contribution < -0.4 is 10.6 Å². The molecule has 148 valence electrons. The average Bonchev–Trinajstić information content (AvgIpc) is 3.38. The van der Waals surface area contributed by atoms with Crippen molar-refractivity contribution < 1.29 is 9.21 Å². The predicted molar refractivity (Wildman–Crippen MR) is 113 cm³/mol. The van der Waals surface area contributed by atoms with Crippen LogP contribution in [0.5, 0.6) is 0 Å². The molecule has 3 heterocycles. The molecule has 0 radical (unpaired) electrons. The van der Waals surface area contributed by atoms with Gasteiger partial charge in [0.1, 0.15) is 17.9 Å². The lowest BCUT2D eigenvalue weighted by Gasteiger charge is -2.08. The maximum Gasteiger partial charge on any atom is 0.252 e. The van der Waals surface area contributed by atoms with Crippen molar-refractivity contribution in [2.24, 2.45) is 0 Å². The topological polar surface area (TPSA) is 97.9 Å². The molecule has 0 bridgehead atoms. The van der Waals surface area contributed by atoms with Crippen LogP contribution in [0.2, 0.25) is 5.02 Å². The summed E-state index contributed by atoms with van der Waals surface area (Å²) in [5.41, 5.74) is 1.09. The minimum Gasteiger partial charge on any atom is -0.467 e. The molecule has 3 aromatic heterocycles. The van der Waals surface area contributed by atoms with E-state index in [-0.39, 0.29) is 5.91 Å². The van der Waals surface area contributed by atoms with E-state index in [4.69, 9.17) is 16.0 Å². The van der Waals surface area contributed by atoms with Gasteiger partial charge in [-0.3, -0.25) is 4.79 Å². The second-order valence-electron chi connectivity index (χ2n) is 6.14. The molecule has 0 aliphatic heterocycles. The van der Waals surface area contributed by atoms with Crippen LogP contribution in [0.3, 0.4) is 0 Å². The van der Waals surface area contributed by atoms with Gasteiger partial charge in [0, 0.05) is 11.0 Å². The number of amides is 1. The van der Waals surface area contributed by atoms with Gasteiger partial charge in [-0.1, -0.05) is 27.5 Å². The molecule has 1 aromatic carbocycles. The number of hydrogen-bond acceptors (Lipinski definition) is 6. The Morgan fingerprint density at radius 1 is 1.28 bits per heavy atom. The number of nitrogens with one attached hydrogen (secondary N) is 2. The Morgan fingerprint density at radius 2 is 2.17 bits per heavy atom. The summed E-state index contributed by atoms with van der Waals surface area (Å²) in [6.45, 7) is 1.33. The number of aromatic nitrogens is 4. The number of fused-ring (bicyclic) bond motifs is 1. The molecule has 10 heteroatoms. The Bertz CT molecular complexity index is 1150. The van der Waals surface area contributed by atoms with Crippen LogP contribution in [-0.4, -0.2) is 32.2 Å². The number of rotatable bonds is 7. The second kappa shape index (κ2) is 8.62. The summed E-state index contributed by atoms with van der Waals surface area (Å²) in [4.78, 5) is 21.0. The normalized spacial score (nSPS) is 11.0. The third-order valence-corrected chi connectivity index (χ3v) is 5.05. The van der Waals surface area contributed by atoms with Gasteiger partial charge in [0.25, 0.3) is 5.91 Å². The Balaban J connectivity index is 1.41. The molecule has 0 saturated heterocycles. The molecule has 0 saturated carbocycles. The highest BCUT2D eigenvalue weighted by molar-refractivity contribution is 9.10. The molecule has 4 rings (SSSR count). The van der Waals surface area contributed by atoms with Gasteiger partial charge >= 0.3 is 0 Å². The smallest absolute Gasteiger partial charge is 0.252 e. The van der Waals surface area contributed by atoms with Gasteiger partial charge in [0.15, 0.2) is 5.65 Å². The van der Waals surface area contributed by atoms with Crippen LogP contribution in [0.1, 0.15) is 16.1 Å². The van der Waals surface area contributed by atoms with Gasteiger partial charge < -0.3 is 15.1 Å². The van der Waals surface area contributed by atoms with Gasteiger partial charge in [-0.05, 0) is 30.3 Å². The van der Waals surface area contributed by atoms with Gasteiger partial charge in [0.2, 0.25) is 0 Å². The maximum absolute atomic E-state index is 12.4. The van der Waals surface area contributed by atoms with E-state index >= 15 is 0 Å². The lowest BCUT2D eigenvalue weighted by molar-refractivity contribution is 0.0952. The Kier molecular flexibility index (Phi) is 5.77. The first-order valence-electron chi connectivity index (χ1n) is 8.78. The zero-order valence-corrected chi connectivity index (χ0v) is 17.4. The molecule has 0 atom stereocenters. The number of halogens is 2. The average molecular weight is 476 g/mol. The van der Waals surface area contributed by atoms with Crippen LogP contribution >= 0.6 is 27.5 Å². The minimum atomic E-state index is -0.247. The molecule has 4 aromatic rings. The number of hydrogen-bond donors (Lipinski definition) is 2. The molecule has 0 fully saturated rings. The van der Waals surface area contributed by atoms with E-state index in [1.165, 1.54) is 6.33 Å². The fraction of sp³-hybridized carbons (Fsp3) is 0.158. The molecule has 1 amide bonds. The fourth-order valence-corrected chi connectivity index (χ4v) is 3.39. The number of furan rings is 1. The monoisotopic (exact) mass is 474 g/mol. The summed E-state index contributed by atoms with van der Waals surface area (Å²) in [5, 5.41) is 11.6. The maximum atomic E-state index is 12.4. The van der Waals surface area contributed by atoms with E-state index in [0.717, 1.165) is 15.6 Å². The summed E-state index contributed by atoms with van der Waals surface area (Å²) >= 11 is 9.45. The number of anilines is 1. The van der Waals surface area contributed by atoms with Crippen LogP contribution in [0.4, 0.5) is 5.82 Å². The van der Waals surface area contributed by atoms with E-state index in [2.05, 4.69) is 41.6 Å². The minimum absolute atomic E-state index is 0.247. The molecular weight excluding hydrogens is 460 g/mol. The summed E-state index contributed by atoms with van der Waals surface area (Å²) in [5.74, 6) is 1.23. The van der Waals surface area contributed by atoms with Crippen molar-refractivity contribution in [1.82, 2.24) is 25.1 Å². The summed E-state index contributed by atoms with van der Waals surface area (Å²) < 4.78 is 7.83. The number of benzene rings is 1. The second-order valence-corrected chi connectivity index (χ2v) is 7.46. The van der Waals surface area contributed by atoms with Gasteiger partial charge in [-0.15, -0.1) is 0 Å². The SMILES string of the molecule is O=C(NCCn1ncc2c(NCc3ccco3)ncnc21)c1cc(Br)ccc1Cl. The first-order chi connectivity index (χ1) is 14.1. The number of carbonyl (C=O) groups excluding carboxylic acids is 1. The van der Waals surface area contributed by atoms with Crippen molar-refractivity contribution in [2.45, 2.75) is 13.1 Å². The Morgan fingerprint density at radius 3 is 3.00 bits per heavy atom. The number of carbonyl (C=O) groups is 1. The first-order valence-corrected chi connectivity index (χ1v) is 9.95. The molecule has 2 N–H and O–H groups in total. The van der Waals surface area contributed by atoms with E-state index in [9.17, 15) is 4.79 Å². The highest BCUT2D eigenvalue weighted by atomic mass is 79.9.